The summed E-state index contributed by atoms with van der Waals surface area (Å²) in [5.74, 6) is 1.34. The second kappa shape index (κ2) is 7.09. The van der Waals surface area contributed by atoms with Crippen molar-refractivity contribution in [3.8, 4) is 0 Å². The molecule has 2 heterocycles. The molecule has 1 saturated heterocycles. The molecule has 0 bridgehead atoms. The Morgan fingerprint density at radius 3 is 2.60 bits per heavy atom. The highest BCUT2D eigenvalue weighted by molar-refractivity contribution is 5.89. The summed E-state index contributed by atoms with van der Waals surface area (Å²) in [4.78, 5) is 22.5. The molecule has 2 unspecified atom stereocenters. The normalized spacial score (nSPS) is 18.4. The predicted octanol–water partition coefficient (Wildman–Crippen LogP) is 3.94. The molecule has 3 rings (SSSR count). The highest BCUT2D eigenvalue weighted by Gasteiger charge is 2.37. The summed E-state index contributed by atoms with van der Waals surface area (Å²) in [7, 11) is 0. The fraction of sp³-hybridized carbons (Fsp3) is 0.421. The molecule has 0 aliphatic carbocycles. The Kier molecular flexibility index (Phi) is 4.88. The molecular weight excluding hydrogens is 316 g/mol. The minimum absolute atomic E-state index is 0.00947. The monoisotopic (exact) mass is 340 g/mol. The zero-order valence-electron chi connectivity index (χ0n) is 15.1. The number of carbonyl (C=O) groups excluding carboxylic acids is 1. The number of amides is 1. The van der Waals surface area contributed by atoms with E-state index in [2.05, 4.69) is 67.2 Å². The number of carbonyl (C=O) groups is 1. The van der Waals surface area contributed by atoms with E-state index < -0.39 is 0 Å². The summed E-state index contributed by atoms with van der Waals surface area (Å²) in [6, 6.07) is 10.1. The molecule has 132 valence electrons. The summed E-state index contributed by atoms with van der Waals surface area (Å²) in [6.07, 6.45) is 1.31. The molecule has 1 aliphatic heterocycles. The van der Waals surface area contributed by atoms with Crippen LogP contribution in [0.4, 0.5) is 16.6 Å². The largest absolute Gasteiger partial charge is 0.447 e. The summed E-state index contributed by atoms with van der Waals surface area (Å²) >= 11 is 0. The molecule has 0 radical (unpaired) electrons. The van der Waals surface area contributed by atoms with Gasteiger partial charge in [-0.1, -0.05) is 43.7 Å². The molecule has 0 saturated carbocycles. The number of ether oxygens (including phenoxy) is 1. The molecule has 6 heteroatoms. The molecule has 0 spiro atoms. The van der Waals surface area contributed by atoms with Crippen molar-refractivity contribution in [2.24, 2.45) is 5.92 Å². The van der Waals surface area contributed by atoms with Gasteiger partial charge in [0.2, 0.25) is 5.95 Å². The van der Waals surface area contributed by atoms with Gasteiger partial charge in [-0.3, -0.25) is 4.90 Å². The van der Waals surface area contributed by atoms with Crippen molar-refractivity contribution in [3.05, 3.63) is 47.7 Å². The van der Waals surface area contributed by atoms with Gasteiger partial charge < -0.3 is 10.1 Å². The van der Waals surface area contributed by atoms with E-state index in [0.29, 0.717) is 18.4 Å². The van der Waals surface area contributed by atoms with E-state index in [0.717, 1.165) is 5.56 Å². The summed E-state index contributed by atoms with van der Waals surface area (Å²) in [5.41, 5.74) is 2.38. The average Bonchev–Trinajstić information content (AvgIpc) is 2.97. The fourth-order valence-electron chi connectivity index (χ4n) is 2.88. The van der Waals surface area contributed by atoms with Crippen LogP contribution in [-0.2, 0) is 4.74 Å². The Balaban J connectivity index is 1.79. The third-order valence-corrected chi connectivity index (χ3v) is 4.49. The molecular formula is C19H24N4O2. The molecule has 1 fully saturated rings. The van der Waals surface area contributed by atoms with Crippen molar-refractivity contribution in [2.45, 2.75) is 39.8 Å². The zero-order valence-corrected chi connectivity index (χ0v) is 15.1. The van der Waals surface area contributed by atoms with Gasteiger partial charge in [0.15, 0.2) is 0 Å². The van der Waals surface area contributed by atoms with Crippen LogP contribution in [0.25, 0.3) is 0 Å². The highest BCUT2D eigenvalue weighted by Crippen LogP contribution is 2.26. The summed E-state index contributed by atoms with van der Waals surface area (Å²) < 4.78 is 5.20. The van der Waals surface area contributed by atoms with Crippen molar-refractivity contribution in [1.29, 1.82) is 0 Å². The quantitative estimate of drug-likeness (QED) is 0.893. The molecule has 1 aromatic heterocycles. The third-order valence-electron chi connectivity index (χ3n) is 4.49. The molecule has 2 aromatic rings. The number of aromatic nitrogens is 2. The van der Waals surface area contributed by atoms with E-state index in [9.17, 15) is 4.79 Å². The number of nitrogens with zero attached hydrogens (tertiary/aromatic N) is 3. The van der Waals surface area contributed by atoms with Crippen LogP contribution < -0.4 is 10.2 Å². The van der Waals surface area contributed by atoms with Crippen molar-refractivity contribution >= 4 is 17.9 Å². The predicted molar refractivity (Wildman–Crippen MR) is 97.7 cm³/mol. The first kappa shape index (κ1) is 17.2. The van der Waals surface area contributed by atoms with Crippen LogP contribution in [0.1, 0.15) is 37.9 Å². The van der Waals surface area contributed by atoms with Crippen LogP contribution in [0.15, 0.2) is 36.5 Å². The number of hydrogen-bond donors (Lipinski definition) is 1. The lowest BCUT2D eigenvalue weighted by Gasteiger charge is -2.23. The zero-order chi connectivity index (χ0) is 18.0. The van der Waals surface area contributed by atoms with Crippen LogP contribution in [0.2, 0.25) is 0 Å². The summed E-state index contributed by atoms with van der Waals surface area (Å²) in [5, 5.41) is 3.30. The van der Waals surface area contributed by atoms with E-state index in [1.54, 1.807) is 17.2 Å². The molecule has 1 amide bonds. The number of anilines is 2. The minimum Gasteiger partial charge on any atom is -0.447 e. The second-order valence-electron chi connectivity index (χ2n) is 6.77. The SMILES string of the molecule is Cc1ccc(C(C)Nc2nccc(N3C(=O)OCC3C(C)C)n2)cc1. The number of benzene rings is 1. The lowest BCUT2D eigenvalue weighted by atomic mass is 10.0. The Bertz CT molecular complexity index is 745. The van der Waals surface area contributed by atoms with Gasteiger partial charge in [0.05, 0.1) is 12.1 Å². The number of aryl methyl sites for hydroxylation is 1. The van der Waals surface area contributed by atoms with Gasteiger partial charge >= 0.3 is 6.09 Å². The van der Waals surface area contributed by atoms with E-state index in [-0.39, 0.29) is 24.1 Å². The lowest BCUT2D eigenvalue weighted by molar-refractivity contribution is 0.177. The maximum Gasteiger partial charge on any atom is 0.415 e. The number of hydrogen-bond acceptors (Lipinski definition) is 5. The number of nitrogens with one attached hydrogen (secondary N) is 1. The standard InChI is InChI=1S/C19H24N4O2/c1-12(2)16-11-25-19(24)23(16)17-9-10-20-18(22-17)21-14(4)15-7-5-13(3)6-8-15/h5-10,12,14,16H,11H2,1-4H3,(H,20,21,22). The van der Waals surface area contributed by atoms with E-state index in [4.69, 9.17) is 4.74 Å². The van der Waals surface area contributed by atoms with Crippen LogP contribution in [0, 0.1) is 12.8 Å². The van der Waals surface area contributed by atoms with Crippen LogP contribution in [0.5, 0.6) is 0 Å². The molecule has 2 atom stereocenters. The Hall–Kier alpha value is -2.63. The highest BCUT2D eigenvalue weighted by atomic mass is 16.6. The van der Waals surface area contributed by atoms with Gasteiger partial charge in [-0.05, 0) is 31.4 Å². The third kappa shape index (κ3) is 3.73. The van der Waals surface area contributed by atoms with Gasteiger partial charge in [0, 0.05) is 6.20 Å². The van der Waals surface area contributed by atoms with Gasteiger partial charge in [0.25, 0.3) is 0 Å². The Morgan fingerprint density at radius 1 is 1.20 bits per heavy atom. The Morgan fingerprint density at radius 2 is 1.92 bits per heavy atom. The van der Waals surface area contributed by atoms with Crippen LogP contribution in [0.3, 0.4) is 0 Å². The molecule has 1 N–H and O–H groups in total. The minimum atomic E-state index is -0.352. The van der Waals surface area contributed by atoms with Gasteiger partial charge in [-0.15, -0.1) is 0 Å². The molecule has 6 nitrogen and oxygen atoms in total. The van der Waals surface area contributed by atoms with Gasteiger partial charge in [0.1, 0.15) is 12.4 Å². The van der Waals surface area contributed by atoms with E-state index in [1.807, 2.05) is 0 Å². The smallest absolute Gasteiger partial charge is 0.415 e. The van der Waals surface area contributed by atoms with Crippen molar-refractivity contribution in [3.63, 3.8) is 0 Å². The lowest BCUT2D eigenvalue weighted by Crippen LogP contribution is -2.37. The fourth-order valence-corrected chi connectivity index (χ4v) is 2.88. The first-order valence-electron chi connectivity index (χ1n) is 8.58. The van der Waals surface area contributed by atoms with Crippen LogP contribution >= 0.6 is 0 Å². The molecule has 1 aromatic carbocycles. The van der Waals surface area contributed by atoms with Crippen molar-refractivity contribution in [1.82, 2.24) is 9.97 Å². The first-order valence-corrected chi connectivity index (χ1v) is 8.58. The average molecular weight is 340 g/mol. The van der Waals surface area contributed by atoms with E-state index in [1.165, 1.54) is 5.56 Å². The van der Waals surface area contributed by atoms with Gasteiger partial charge in [-0.2, -0.15) is 4.98 Å². The Labute approximate surface area is 148 Å². The maximum absolute atomic E-state index is 12.1. The maximum atomic E-state index is 12.1. The van der Waals surface area contributed by atoms with Gasteiger partial charge in [-0.25, -0.2) is 9.78 Å². The number of cyclic esters (lactones) is 1. The topological polar surface area (TPSA) is 67.4 Å². The van der Waals surface area contributed by atoms with E-state index >= 15 is 0 Å². The summed E-state index contributed by atoms with van der Waals surface area (Å²) in [6.45, 7) is 8.65. The van der Waals surface area contributed by atoms with Crippen LogP contribution in [-0.4, -0.2) is 28.7 Å². The second-order valence-corrected chi connectivity index (χ2v) is 6.77. The van der Waals surface area contributed by atoms with Crippen molar-refractivity contribution in [2.75, 3.05) is 16.8 Å². The van der Waals surface area contributed by atoms with Crippen molar-refractivity contribution < 1.29 is 9.53 Å². The number of rotatable bonds is 5. The molecule has 1 aliphatic rings. The molecule has 25 heavy (non-hydrogen) atoms. The first-order chi connectivity index (χ1) is 12.0.